The summed E-state index contributed by atoms with van der Waals surface area (Å²) in [5, 5.41) is 4.41. The molecule has 4 rings (SSSR count). The second-order valence-corrected chi connectivity index (χ2v) is 7.76. The van der Waals surface area contributed by atoms with Crippen molar-refractivity contribution in [3.63, 3.8) is 0 Å². The number of methoxy groups -OCH3 is 1. The number of fused-ring (bicyclic) bond motifs is 1. The number of hydrogen-bond donors (Lipinski definition) is 1. The van der Waals surface area contributed by atoms with Crippen LogP contribution in [-0.4, -0.2) is 18.0 Å². The van der Waals surface area contributed by atoms with Gasteiger partial charge in [-0.3, -0.25) is 4.79 Å². The summed E-state index contributed by atoms with van der Waals surface area (Å²) in [4.78, 5) is 17.9. The summed E-state index contributed by atoms with van der Waals surface area (Å²) in [7, 11) is 1.61. The van der Waals surface area contributed by atoms with Gasteiger partial charge in [0.25, 0.3) is 0 Å². The first-order chi connectivity index (χ1) is 13.6. The van der Waals surface area contributed by atoms with E-state index in [1.54, 1.807) is 13.4 Å². The van der Waals surface area contributed by atoms with Crippen LogP contribution in [0, 0.1) is 6.92 Å². The quantitative estimate of drug-likeness (QED) is 0.503. The van der Waals surface area contributed by atoms with Crippen molar-refractivity contribution in [1.29, 1.82) is 0 Å². The molecule has 0 unspecified atom stereocenters. The molecular formula is C22H20N2O3S. The smallest absolute Gasteiger partial charge is 0.230 e. The van der Waals surface area contributed by atoms with Gasteiger partial charge in [-0.1, -0.05) is 29.8 Å². The first-order valence-electron chi connectivity index (χ1n) is 8.95. The molecule has 6 heteroatoms. The number of amides is 1. The van der Waals surface area contributed by atoms with Crippen molar-refractivity contribution in [2.45, 2.75) is 19.8 Å². The van der Waals surface area contributed by atoms with Crippen LogP contribution in [-0.2, 0) is 17.6 Å². The zero-order valence-electron chi connectivity index (χ0n) is 15.7. The average molecular weight is 392 g/mol. The van der Waals surface area contributed by atoms with E-state index in [0.717, 1.165) is 28.0 Å². The molecule has 4 aromatic rings. The van der Waals surface area contributed by atoms with Gasteiger partial charge in [-0.15, -0.1) is 11.3 Å². The number of anilines is 1. The molecule has 142 valence electrons. The van der Waals surface area contributed by atoms with Crippen LogP contribution in [0.1, 0.15) is 21.6 Å². The minimum absolute atomic E-state index is 0.116. The lowest BCUT2D eigenvalue weighted by atomic mass is 10.1. The monoisotopic (exact) mass is 392 g/mol. The first-order valence-corrected chi connectivity index (χ1v) is 9.76. The van der Waals surface area contributed by atoms with Crippen molar-refractivity contribution in [2.24, 2.45) is 0 Å². The van der Waals surface area contributed by atoms with Gasteiger partial charge < -0.3 is 14.5 Å². The highest BCUT2D eigenvalue weighted by molar-refractivity contribution is 7.15. The molecule has 28 heavy (non-hydrogen) atoms. The number of carbonyl (C=O) groups excluding carboxylic acids is 1. The van der Waals surface area contributed by atoms with Gasteiger partial charge >= 0.3 is 0 Å². The summed E-state index contributed by atoms with van der Waals surface area (Å²) in [5.41, 5.74) is 4.02. The Balaban J connectivity index is 1.41. The minimum Gasteiger partial charge on any atom is -0.497 e. The molecule has 0 aliphatic rings. The number of aryl methyl sites for hydroxylation is 1. The maximum absolute atomic E-state index is 12.4. The number of nitrogens with zero attached hydrogens (tertiary/aromatic N) is 1. The maximum atomic E-state index is 12.4. The molecule has 5 nitrogen and oxygen atoms in total. The van der Waals surface area contributed by atoms with E-state index >= 15 is 0 Å². The summed E-state index contributed by atoms with van der Waals surface area (Å²) >= 11 is 1.50. The highest BCUT2D eigenvalue weighted by atomic mass is 32.1. The van der Waals surface area contributed by atoms with Crippen LogP contribution in [0.2, 0.25) is 0 Å². The number of aromatic nitrogens is 1. The first kappa shape index (κ1) is 18.3. The van der Waals surface area contributed by atoms with Crippen molar-refractivity contribution in [1.82, 2.24) is 4.98 Å². The Labute approximate surface area is 167 Å². The number of carbonyl (C=O) groups is 1. The molecule has 2 aromatic carbocycles. The van der Waals surface area contributed by atoms with Gasteiger partial charge in [0.1, 0.15) is 11.3 Å². The van der Waals surface area contributed by atoms with Crippen LogP contribution < -0.4 is 10.1 Å². The Bertz CT molecular complexity index is 1130. The molecule has 0 radical (unpaired) electrons. The third kappa shape index (κ3) is 4.07. The average Bonchev–Trinajstić information content (AvgIpc) is 3.28. The van der Waals surface area contributed by atoms with Crippen LogP contribution in [0.3, 0.4) is 0 Å². The number of benzene rings is 2. The second kappa shape index (κ2) is 7.86. The molecule has 2 aromatic heterocycles. The summed E-state index contributed by atoms with van der Waals surface area (Å²) in [6.45, 7) is 2.08. The van der Waals surface area contributed by atoms with Gasteiger partial charge in [0.15, 0.2) is 5.13 Å². The molecule has 0 spiro atoms. The number of hydrogen-bond acceptors (Lipinski definition) is 5. The second-order valence-electron chi connectivity index (χ2n) is 6.65. The zero-order chi connectivity index (χ0) is 19.5. The Morgan fingerprint density at radius 3 is 2.96 bits per heavy atom. The summed E-state index contributed by atoms with van der Waals surface area (Å²) in [6.07, 6.45) is 4.48. The highest BCUT2D eigenvalue weighted by Crippen LogP contribution is 2.27. The molecule has 0 saturated carbocycles. The molecule has 0 saturated heterocycles. The molecular weight excluding hydrogens is 372 g/mol. The largest absolute Gasteiger partial charge is 0.497 e. The Kier molecular flexibility index (Phi) is 5.12. The van der Waals surface area contributed by atoms with E-state index in [1.807, 2.05) is 24.4 Å². The number of rotatable bonds is 6. The molecule has 0 fully saturated rings. The summed E-state index contributed by atoms with van der Waals surface area (Å²) in [6, 6.07) is 14.0. The molecule has 0 aliphatic heterocycles. The minimum atomic E-state index is -0.116. The number of thiazole rings is 1. The number of furan rings is 1. The van der Waals surface area contributed by atoms with E-state index in [0.29, 0.717) is 10.7 Å². The highest BCUT2D eigenvalue weighted by Gasteiger charge is 2.13. The van der Waals surface area contributed by atoms with Crippen LogP contribution in [0.15, 0.2) is 59.3 Å². The lowest BCUT2D eigenvalue weighted by molar-refractivity contribution is -0.115. The predicted octanol–water partition coefficient (Wildman–Crippen LogP) is 4.98. The molecule has 0 atom stereocenters. The Morgan fingerprint density at radius 1 is 1.25 bits per heavy atom. The summed E-state index contributed by atoms with van der Waals surface area (Å²) in [5.74, 6) is 0.608. The van der Waals surface area contributed by atoms with Crippen LogP contribution in [0.5, 0.6) is 5.75 Å². The van der Waals surface area contributed by atoms with E-state index < -0.39 is 0 Å². The fourth-order valence-corrected chi connectivity index (χ4v) is 4.00. The van der Waals surface area contributed by atoms with Crippen LogP contribution in [0.25, 0.3) is 11.0 Å². The fourth-order valence-electron chi connectivity index (χ4n) is 3.13. The predicted molar refractivity (Wildman–Crippen MR) is 111 cm³/mol. The van der Waals surface area contributed by atoms with Gasteiger partial charge in [0.2, 0.25) is 5.91 Å². The lowest BCUT2D eigenvalue weighted by Gasteiger charge is -2.01. The fraction of sp³-hybridized carbons (Fsp3) is 0.182. The zero-order valence-corrected chi connectivity index (χ0v) is 16.5. The van der Waals surface area contributed by atoms with Gasteiger partial charge in [-0.2, -0.15) is 0 Å². The van der Waals surface area contributed by atoms with Crippen LogP contribution in [0.4, 0.5) is 5.13 Å². The molecule has 0 aliphatic carbocycles. The van der Waals surface area contributed by atoms with Crippen molar-refractivity contribution in [2.75, 3.05) is 12.4 Å². The van der Waals surface area contributed by atoms with E-state index in [4.69, 9.17) is 9.15 Å². The maximum Gasteiger partial charge on any atom is 0.230 e. The summed E-state index contributed by atoms with van der Waals surface area (Å²) < 4.78 is 10.7. The van der Waals surface area contributed by atoms with Crippen molar-refractivity contribution < 1.29 is 13.9 Å². The van der Waals surface area contributed by atoms with E-state index in [9.17, 15) is 4.79 Å². The standard InChI is InChI=1S/C22H20N2O3S/c1-14-4-3-5-15(8-14)9-18-12-23-22(28-18)24-21(25)10-16-13-27-20-11-17(26-2)6-7-19(16)20/h3-8,11-13H,9-10H2,1-2H3,(H,23,24,25). The Hall–Kier alpha value is -3.12. The topological polar surface area (TPSA) is 64.4 Å². The Morgan fingerprint density at radius 2 is 2.14 bits per heavy atom. The van der Waals surface area contributed by atoms with Crippen molar-refractivity contribution in [3.05, 3.63) is 76.5 Å². The van der Waals surface area contributed by atoms with Crippen LogP contribution >= 0.6 is 11.3 Å². The van der Waals surface area contributed by atoms with E-state index in [1.165, 1.54) is 22.5 Å². The molecule has 1 amide bonds. The van der Waals surface area contributed by atoms with Gasteiger partial charge in [-0.25, -0.2) is 4.98 Å². The SMILES string of the molecule is COc1ccc2c(CC(=O)Nc3ncc(Cc4cccc(C)c4)s3)coc2c1. The molecule has 0 bridgehead atoms. The number of nitrogens with one attached hydrogen (secondary N) is 1. The van der Waals surface area contributed by atoms with Crippen molar-refractivity contribution in [3.8, 4) is 5.75 Å². The number of ether oxygens (including phenoxy) is 1. The van der Waals surface area contributed by atoms with Crippen molar-refractivity contribution >= 4 is 33.3 Å². The third-order valence-corrected chi connectivity index (χ3v) is 5.39. The van der Waals surface area contributed by atoms with E-state index in [-0.39, 0.29) is 12.3 Å². The molecule has 2 heterocycles. The normalized spacial score (nSPS) is 10.9. The van der Waals surface area contributed by atoms with Gasteiger partial charge in [-0.05, 0) is 24.6 Å². The van der Waals surface area contributed by atoms with E-state index in [2.05, 4.69) is 41.5 Å². The van der Waals surface area contributed by atoms with Gasteiger partial charge in [0, 0.05) is 34.5 Å². The third-order valence-electron chi connectivity index (χ3n) is 4.47. The molecule has 1 N–H and O–H groups in total. The lowest BCUT2D eigenvalue weighted by Crippen LogP contribution is -2.13. The van der Waals surface area contributed by atoms with Gasteiger partial charge in [0.05, 0.1) is 19.8 Å².